The number of rotatable bonds is 12. The normalized spacial score (nSPS) is 14.2. The zero-order valence-electron chi connectivity index (χ0n) is 21.1. The van der Waals surface area contributed by atoms with Crippen LogP contribution in [0.5, 0.6) is 0 Å². The number of ether oxygens (including phenoxy) is 4. The van der Waals surface area contributed by atoms with Crippen molar-refractivity contribution in [1.82, 2.24) is 15.0 Å². The molecule has 0 aliphatic heterocycles. The third-order valence-corrected chi connectivity index (χ3v) is 5.70. The van der Waals surface area contributed by atoms with Crippen LogP contribution in [-0.2, 0) is 44.7 Å². The van der Waals surface area contributed by atoms with E-state index in [1.54, 1.807) is 0 Å². The SMILES string of the molecule is CC(=O)OCC(OC(SC(C)=O)[C@H](Cn1cc(-c2cc(F)c(F)c(F)c2)nn1)OC(C)=O)[C@@H](C)OC(C)=O. The van der Waals surface area contributed by atoms with Crippen molar-refractivity contribution in [2.75, 3.05) is 6.61 Å². The van der Waals surface area contributed by atoms with Crippen LogP contribution >= 0.6 is 11.8 Å². The van der Waals surface area contributed by atoms with Crippen LogP contribution in [0.1, 0.15) is 34.6 Å². The fourth-order valence-corrected chi connectivity index (χ4v) is 3.97. The second-order valence-corrected chi connectivity index (χ2v) is 9.27. The van der Waals surface area contributed by atoms with Gasteiger partial charge in [-0.3, -0.25) is 19.2 Å². The number of aromatic nitrogens is 3. The van der Waals surface area contributed by atoms with E-state index in [1.807, 2.05) is 0 Å². The second-order valence-electron chi connectivity index (χ2n) is 8.00. The zero-order valence-corrected chi connectivity index (χ0v) is 21.9. The Hall–Kier alpha value is -3.46. The lowest BCUT2D eigenvalue weighted by atomic mass is 10.1. The molecule has 2 unspecified atom stereocenters. The maximum absolute atomic E-state index is 13.7. The summed E-state index contributed by atoms with van der Waals surface area (Å²) in [5.41, 5.74) is -1.32. The summed E-state index contributed by atoms with van der Waals surface area (Å²) >= 11 is 0.655. The number of esters is 3. The highest BCUT2D eigenvalue weighted by atomic mass is 32.2. The van der Waals surface area contributed by atoms with Gasteiger partial charge in [0.15, 0.2) is 28.7 Å². The predicted molar refractivity (Wildman–Crippen MR) is 126 cm³/mol. The Labute approximate surface area is 219 Å². The fourth-order valence-electron chi connectivity index (χ4n) is 3.15. The second kappa shape index (κ2) is 13.9. The van der Waals surface area contributed by atoms with Gasteiger partial charge in [-0.2, -0.15) is 0 Å². The van der Waals surface area contributed by atoms with E-state index >= 15 is 0 Å². The lowest BCUT2D eigenvalue weighted by Gasteiger charge is -2.31. The number of thioether (sulfide) groups is 1. The molecule has 15 heteroatoms. The molecule has 0 saturated heterocycles. The highest BCUT2D eigenvalue weighted by molar-refractivity contribution is 8.14. The van der Waals surface area contributed by atoms with Crippen LogP contribution in [0.15, 0.2) is 18.3 Å². The van der Waals surface area contributed by atoms with Gasteiger partial charge >= 0.3 is 17.9 Å². The van der Waals surface area contributed by atoms with Gasteiger partial charge in [0.25, 0.3) is 0 Å². The van der Waals surface area contributed by atoms with E-state index in [9.17, 15) is 32.3 Å². The minimum Gasteiger partial charge on any atom is -0.463 e. The van der Waals surface area contributed by atoms with Crippen molar-refractivity contribution in [2.45, 2.75) is 64.9 Å². The lowest BCUT2D eigenvalue weighted by molar-refractivity contribution is -0.171. The van der Waals surface area contributed by atoms with Gasteiger partial charge in [0.2, 0.25) is 0 Å². The van der Waals surface area contributed by atoms with Crippen molar-refractivity contribution >= 4 is 34.8 Å². The van der Waals surface area contributed by atoms with Crippen molar-refractivity contribution in [3.8, 4) is 11.3 Å². The van der Waals surface area contributed by atoms with Gasteiger partial charge in [-0.15, -0.1) is 5.10 Å². The van der Waals surface area contributed by atoms with Crippen molar-refractivity contribution < 1.29 is 51.3 Å². The van der Waals surface area contributed by atoms with Crippen molar-refractivity contribution in [3.05, 3.63) is 35.8 Å². The molecule has 4 atom stereocenters. The monoisotopic (exact) mass is 561 g/mol. The van der Waals surface area contributed by atoms with Crippen LogP contribution in [-0.4, -0.2) is 68.4 Å². The molecule has 2 aromatic rings. The highest BCUT2D eigenvalue weighted by Crippen LogP contribution is 2.26. The van der Waals surface area contributed by atoms with Crippen LogP contribution in [0.4, 0.5) is 13.2 Å². The first kappa shape index (κ1) is 30.8. The maximum Gasteiger partial charge on any atom is 0.303 e. The fraction of sp³-hybridized carbons (Fsp3) is 0.478. The minimum atomic E-state index is -1.64. The Bertz CT molecular complexity index is 1160. The molecule has 0 amide bonds. The lowest BCUT2D eigenvalue weighted by Crippen LogP contribution is -2.43. The van der Waals surface area contributed by atoms with E-state index in [-0.39, 0.29) is 24.4 Å². The molecule has 208 valence electrons. The maximum atomic E-state index is 13.7. The molecule has 2 rings (SSSR count). The van der Waals surface area contributed by atoms with Gasteiger partial charge in [-0.05, 0) is 19.1 Å². The first-order valence-electron chi connectivity index (χ1n) is 11.1. The summed E-state index contributed by atoms with van der Waals surface area (Å²) in [6.45, 7) is 5.59. The van der Waals surface area contributed by atoms with Crippen molar-refractivity contribution in [2.24, 2.45) is 0 Å². The number of benzene rings is 1. The molecule has 1 aromatic heterocycles. The average molecular weight is 562 g/mol. The standard InChI is InChI=1S/C23H26F3N3O8S/c1-11(35-13(3)31)21(10-34-12(2)30)37-23(38-15(5)33)20(36-14(4)32)9-29-8-19(27-28-29)16-6-17(24)22(26)18(25)7-16/h6-8,11,20-21,23H,9-10H2,1-5H3/t11-,20+,21?,23?/m1/s1. The molecule has 0 radical (unpaired) electrons. The van der Waals surface area contributed by atoms with Crippen LogP contribution in [0.25, 0.3) is 11.3 Å². The first-order valence-corrected chi connectivity index (χ1v) is 12.0. The summed E-state index contributed by atoms with van der Waals surface area (Å²) in [6, 6.07) is 1.48. The van der Waals surface area contributed by atoms with Gasteiger partial charge in [-0.1, -0.05) is 17.0 Å². The molecule has 0 fully saturated rings. The summed E-state index contributed by atoms with van der Waals surface area (Å²) < 4.78 is 63.2. The molecule has 0 bridgehead atoms. The zero-order chi connectivity index (χ0) is 28.6. The molecular weight excluding hydrogens is 535 g/mol. The molecule has 0 N–H and O–H groups in total. The summed E-state index contributed by atoms with van der Waals surface area (Å²) in [6.07, 6.45) is -1.92. The van der Waals surface area contributed by atoms with E-state index in [0.717, 1.165) is 30.7 Å². The van der Waals surface area contributed by atoms with Crippen LogP contribution in [0, 0.1) is 17.5 Å². The molecule has 11 nitrogen and oxygen atoms in total. The molecule has 1 heterocycles. The largest absolute Gasteiger partial charge is 0.463 e. The molecule has 0 spiro atoms. The Morgan fingerprint density at radius 2 is 1.55 bits per heavy atom. The Balaban J connectivity index is 2.36. The van der Waals surface area contributed by atoms with Crippen molar-refractivity contribution in [3.63, 3.8) is 0 Å². The quantitative estimate of drug-likeness (QED) is 0.164. The van der Waals surface area contributed by atoms with Gasteiger partial charge in [0.1, 0.15) is 29.9 Å². The summed E-state index contributed by atoms with van der Waals surface area (Å²) in [5, 5.41) is 7.23. The Morgan fingerprint density at radius 3 is 2.08 bits per heavy atom. The first-order chi connectivity index (χ1) is 17.8. The Kier molecular flexibility index (Phi) is 11.3. The smallest absolute Gasteiger partial charge is 0.303 e. The van der Waals surface area contributed by atoms with Gasteiger partial charge in [0.05, 0.1) is 12.7 Å². The number of carbonyl (C=O) groups excluding carboxylic acids is 4. The van der Waals surface area contributed by atoms with Gasteiger partial charge < -0.3 is 18.9 Å². The van der Waals surface area contributed by atoms with Crippen LogP contribution in [0.2, 0.25) is 0 Å². The van der Waals surface area contributed by atoms with E-state index in [1.165, 1.54) is 27.0 Å². The number of halogens is 3. The van der Waals surface area contributed by atoms with Crippen LogP contribution < -0.4 is 0 Å². The molecular formula is C23H26F3N3O8S. The molecule has 1 aromatic carbocycles. The van der Waals surface area contributed by atoms with Gasteiger partial charge in [-0.25, -0.2) is 17.9 Å². The third kappa shape index (κ3) is 9.45. The van der Waals surface area contributed by atoms with E-state index in [2.05, 4.69) is 10.3 Å². The number of carbonyl (C=O) groups is 4. The summed E-state index contributed by atoms with van der Waals surface area (Å²) in [5.74, 6) is -6.47. The molecule has 38 heavy (non-hydrogen) atoms. The molecule has 0 aliphatic rings. The van der Waals surface area contributed by atoms with E-state index < -0.39 is 64.2 Å². The third-order valence-electron chi connectivity index (χ3n) is 4.72. The number of hydrogen-bond acceptors (Lipinski definition) is 11. The number of hydrogen-bond donors (Lipinski definition) is 0. The molecule has 0 aliphatic carbocycles. The summed E-state index contributed by atoms with van der Waals surface area (Å²) in [7, 11) is 0. The predicted octanol–water partition coefficient (Wildman–Crippen LogP) is 2.80. The summed E-state index contributed by atoms with van der Waals surface area (Å²) in [4.78, 5) is 46.7. The minimum absolute atomic E-state index is 0.0164. The van der Waals surface area contributed by atoms with E-state index in [4.69, 9.17) is 18.9 Å². The van der Waals surface area contributed by atoms with Crippen LogP contribution in [0.3, 0.4) is 0 Å². The number of nitrogens with zero attached hydrogens (tertiary/aromatic N) is 3. The van der Waals surface area contributed by atoms with Crippen molar-refractivity contribution in [1.29, 1.82) is 0 Å². The average Bonchev–Trinajstić information content (AvgIpc) is 3.26. The Morgan fingerprint density at radius 1 is 0.947 bits per heavy atom. The van der Waals surface area contributed by atoms with E-state index in [0.29, 0.717) is 11.8 Å². The highest BCUT2D eigenvalue weighted by Gasteiger charge is 2.34. The van der Waals surface area contributed by atoms with Gasteiger partial charge in [0, 0.05) is 33.3 Å². The molecule has 0 saturated carbocycles. The topological polar surface area (TPSA) is 136 Å².